The summed E-state index contributed by atoms with van der Waals surface area (Å²) in [6.45, 7) is 2.59. The van der Waals surface area contributed by atoms with Crippen LogP contribution < -0.4 is 5.73 Å². The molecule has 0 bridgehead atoms. The molecule has 1 saturated carbocycles. The highest BCUT2D eigenvalue weighted by molar-refractivity contribution is 5.80. The molecule has 0 radical (unpaired) electrons. The van der Waals surface area contributed by atoms with E-state index in [9.17, 15) is 4.79 Å². The summed E-state index contributed by atoms with van der Waals surface area (Å²) >= 11 is 0. The van der Waals surface area contributed by atoms with Crippen LogP contribution in [0.4, 0.5) is 0 Å². The van der Waals surface area contributed by atoms with E-state index in [-0.39, 0.29) is 5.97 Å². The molecular formula is C10H19NO2. The SMILES string of the molecule is CCCCOC(=O)C1(N)CCCC1. The molecule has 13 heavy (non-hydrogen) atoms. The monoisotopic (exact) mass is 185 g/mol. The van der Waals surface area contributed by atoms with Gasteiger partial charge in [-0.3, -0.25) is 4.79 Å². The van der Waals surface area contributed by atoms with Crippen LogP contribution in [0, 0.1) is 0 Å². The minimum atomic E-state index is -0.659. The molecule has 2 N–H and O–H groups in total. The van der Waals surface area contributed by atoms with Crippen molar-refractivity contribution in [2.75, 3.05) is 6.61 Å². The van der Waals surface area contributed by atoms with E-state index in [2.05, 4.69) is 6.92 Å². The van der Waals surface area contributed by atoms with Crippen molar-refractivity contribution in [3.8, 4) is 0 Å². The zero-order chi connectivity index (χ0) is 9.73. The molecular weight excluding hydrogens is 166 g/mol. The highest BCUT2D eigenvalue weighted by Crippen LogP contribution is 2.28. The Morgan fingerprint density at radius 1 is 1.46 bits per heavy atom. The molecule has 0 saturated heterocycles. The summed E-state index contributed by atoms with van der Waals surface area (Å²) in [5.41, 5.74) is 5.25. The van der Waals surface area contributed by atoms with Gasteiger partial charge in [-0.15, -0.1) is 0 Å². The summed E-state index contributed by atoms with van der Waals surface area (Å²) in [6.07, 6.45) is 5.67. The van der Waals surface area contributed by atoms with Crippen LogP contribution in [0.3, 0.4) is 0 Å². The van der Waals surface area contributed by atoms with Crippen LogP contribution in [0.25, 0.3) is 0 Å². The van der Waals surface area contributed by atoms with Crippen LogP contribution in [0.1, 0.15) is 45.4 Å². The van der Waals surface area contributed by atoms with Crippen molar-refractivity contribution in [2.45, 2.75) is 51.0 Å². The molecule has 3 nitrogen and oxygen atoms in total. The Morgan fingerprint density at radius 3 is 2.62 bits per heavy atom. The summed E-state index contributed by atoms with van der Waals surface area (Å²) in [6, 6.07) is 0. The molecule has 1 rings (SSSR count). The molecule has 76 valence electrons. The fraction of sp³-hybridized carbons (Fsp3) is 0.900. The van der Waals surface area contributed by atoms with Crippen molar-refractivity contribution in [2.24, 2.45) is 5.73 Å². The predicted molar refractivity (Wildman–Crippen MR) is 51.3 cm³/mol. The van der Waals surface area contributed by atoms with Crippen molar-refractivity contribution in [1.82, 2.24) is 0 Å². The van der Waals surface area contributed by atoms with Gasteiger partial charge in [-0.1, -0.05) is 26.2 Å². The molecule has 0 aliphatic heterocycles. The first kappa shape index (κ1) is 10.5. The Bertz CT molecular complexity index is 174. The molecule has 1 aliphatic rings. The van der Waals surface area contributed by atoms with Gasteiger partial charge in [0, 0.05) is 0 Å². The first-order valence-corrected chi connectivity index (χ1v) is 5.15. The van der Waals surface area contributed by atoms with Crippen molar-refractivity contribution < 1.29 is 9.53 Å². The van der Waals surface area contributed by atoms with E-state index in [1.54, 1.807) is 0 Å². The number of unbranched alkanes of at least 4 members (excludes halogenated alkanes) is 1. The third kappa shape index (κ3) is 2.69. The maximum Gasteiger partial charge on any atom is 0.326 e. The lowest BCUT2D eigenvalue weighted by Gasteiger charge is -2.20. The molecule has 0 atom stereocenters. The first-order valence-electron chi connectivity index (χ1n) is 5.15. The summed E-state index contributed by atoms with van der Waals surface area (Å²) in [5.74, 6) is -0.196. The second-order valence-corrected chi connectivity index (χ2v) is 3.85. The van der Waals surface area contributed by atoms with Gasteiger partial charge in [0.1, 0.15) is 5.54 Å². The number of hydrogen-bond acceptors (Lipinski definition) is 3. The molecule has 0 aromatic rings. The van der Waals surface area contributed by atoms with Crippen molar-refractivity contribution in [3.05, 3.63) is 0 Å². The van der Waals surface area contributed by atoms with E-state index in [1.807, 2.05) is 0 Å². The second kappa shape index (κ2) is 4.61. The zero-order valence-electron chi connectivity index (χ0n) is 8.34. The van der Waals surface area contributed by atoms with Gasteiger partial charge in [-0.25, -0.2) is 0 Å². The molecule has 1 fully saturated rings. The number of nitrogens with two attached hydrogens (primary N) is 1. The minimum absolute atomic E-state index is 0.196. The third-order valence-corrected chi connectivity index (χ3v) is 2.63. The van der Waals surface area contributed by atoms with E-state index < -0.39 is 5.54 Å². The van der Waals surface area contributed by atoms with Crippen LogP contribution in [-0.2, 0) is 9.53 Å². The number of esters is 1. The lowest BCUT2D eigenvalue weighted by atomic mass is 10.00. The second-order valence-electron chi connectivity index (χ2n) is 3.85. The fourth-order valence-corrected chi connectivity index (χ4v) is 1.66. The Hall–Kier alpha value is -0.570. The van der Waals surface area contributed by atoms with E-state index in [1.165, 1.54) is 0 Å². The normalized spacial score (nSPS) is 20.2. The fourth-order valence-electron chi connectivity index (χ4n) is 1.66. The Kier molecular flexibility index (Phi) is 3.72. The number of carbonyl (C=O) groups excluding carboxylic acids is 1. The minimum Gasteiger partial charge on any atom is -0.464 e. The van der Waals surface area contributed by atoms with Crippen molar-refractivity contribution >= 4 is 5.97 Å². The van der Waals surface area contributed by atoms with Crippen LogP contribution in [0.5, 0.6) is 0 Å². The van der Waals surface area contributed by atoms with Crippen LogP contribution >= 0.6 is 0 Å². The van der Waals surface area contributed by atoms with Gasteiger partial charge in [-0.05, 0) is 19.3 Å². The van der Waals surface area contributed by atoms with E-state index >= 15 is 0 Å². The first-order chi connectivity index (χ1) is 6.19. The summed E-state index contributed by atoms with van der Waals surface area (Å²) in [7, 11) is 0. The molecule has 0 unspecified atom stereocenters. The average Bonchev–Trinajstić information content (AvgIpc) is 2.54. The van der Waals surface area contributed by atoms with Gasteiger partial charge < -0.3 is 10.5 Å². The predicted octanol–water partition coefficient (Wildman–Crippen LogP) is 1.60. The lowest BCUT2D eigenvalue weighted by Crippen LogP contribution is -2.46. The van der Waals surface area contributed by atoms with Crippen LogP contribution in [0.15, 0.2) is 0 Å². The Morgan fingerprint density at radius 2 is 2.08 bits per heavy atom. The third-order valence-electron chi connectivity index (χ3n) is 2.63. The van der Waals surface area contributed by atoms with E-state index in [0.29, 0.717) is 6.61 Å². The highest BCUT2D eigenvalue weighted by Gasteiger charge is 2.38. The number of hydrogen-bond donors (Lipinski definition) is 1. The number of carbonyl (C=O) groups is 1. The Balaban J connectivity index is 2.29. The average molecular weight is 185 g/mol. The van der Waals surface area contributed by atoms with Crippen molar-refractivity contribution in [1.29, 1.82) is 0 Å². The maximum atomic E-state index is 11.5. The number of rotatable bonds is 4. The zero-order valence-corrected chi connectivity index (χ0v) is 8.34. The largest absolute Gasteiger partial charge is 0.464 e. The summed E-state index contributed by atoms with van der Waals surface area (Å²) in [5, 5.41) is 0. The van der Waals surface area contributed by atoms with E-state index in [0.717, 1.165) is 38.5 Å². The molecule has 0 spiro atoms. The van der Waals surface area contributed by atoms with E-state index in [4.69, 9.17) is 10.5 Å². The van der Waals surface area contributed by atoms with Crippen LogP contribution in [-0.4, -0.2) is 18.1 Å². The molecule has 0 amide bonds. The summed E-state index contributed by atoms with van der Waals surface area (Å²) in [4.78, 5) is 11.5. The quantitative estimate of drug-likeness (QED) is 0.534. The lowest BCUT2D eigenvalue weighted by molar-refractivity contribution is -0.150. The van der Waals surface area contributed by atoms with Gasteiger partial charge in [-0.2, -0.15) is 0 Å². The van der Waals surface area contributed by atoms with Gasteiger partial charge in [0.25, 0.3) is 0 Å². The molecule has 1 aliphatic carbocycles. The van der Waals surface area contributed by atoms with Gasteiger partial charge in [0.15, 0.2) is 0 Å². The standard InChI is InChI=1S/C10H19NO2/c1-2-3-8-13-9(12)10(11)6-4-5-7-10/h2-8,11H2,1H3. The molecule has 0 heterocycles. The van der Waals surface area contributed by atoms with Gasteiger partial charge in [0.2, 0.25) is 0 Å². The topological polar surface area (TPSA) is 52.3 Å². The molecule has 0 aromatic carbocycles. The molecule has 3 heteroatoms. The Labute approximate surface area is 79.6 Å². The smallest absolute Gasteiger partial charge is 0.326 e. The highest BCUT2D eigenvalue weighted by atomic mass is 16.5. The number of ether oxygens (including phenoxy) is 1. The maximum absolute atomic E-state index is 11.5. The van der Waals surface area contributed by atoms with Gasteiger partial charge in [0.05, 0.1) is 6.61 Å². The van der Waals surface area contributed by atoms with Crippen LogP contribution in [0.2, 0.25) is 0 Å². The van der Waals surface area contributed by atoms with Crippen molar-refractivity contribution in [3.63, 3.8) is 0 Å². The molecule has 0 aromatic heterocycles. The summed E-state index contributed by atoms with van der Waals surface area (Å²) < 4.78 is 5.11. The van der Waals surface area contributed by atoms with Gasteiger partial charge >= 0.3 is 5.97 Å².